The number of esters is 1. The van der Waals surface area contributed by atoms with E-state index in [-0.39, 0.29) is 18.5 Å². The van der Waals surface area contributed by atoms with Crippen molar-refractivity contribution < 1.29 is 19.1 Å². The Balaban J connectivity index is 1.78. The van der Waals surface area contributed by atoms with Crippen molar-refractivity contribution in [1.82, 2.24) is 10.2 Å². The van der Waals surface area contributed by atoms with Gasteiger partial charge < -0.3 is 15.4 Å². The first kappa shape index (κ1) is 27.1. The topological polar surface area (TPSA) is 87.7 Å². The van der Waals surface area contributed by atoms with Crippen LogP contribution in [0.25, 0.3) is 5.70 Å². The van der Waals surface area contributed by atoms with E-state index in [1.54, 1.807) is 54.3 Å². The Morgan fingerprint density at radius 3 is 2.42 bits per heavy atom. The van der Waals surface area contributed by atoms with Gasteiger partial charge in [-0.3, -0.25) is 9.69 Å². The quantitative estimate of drug-likeness (QED) is 0.283. The van der Waals surface area contributed by atoms with Gasteiger partial charge in [-0.15, -0.1) is 0 Å². The number of anilines is 1. The van der Waals surface area contributed by atoms with E-state index < -0.39 is 12.0 Å². The fourth-order valence-corrected chi connectivity index (χ4v) is 4.63. The zero-order valence-corrected chi connectivity index (χ0v) is 23.0. The summed E-state index contributed by atoms with van der Waals surface area (Å²) in [5, 5.41) is 5.92. The molecule has 0 saturated carbocycles. The van der Waals surface area contributed by atoms with Gasteiger partial charge in [0.2, 0.25) is 0 Å². The van der Waals surface area contributed by atoms with Gasteiger partial charge in [-0.2, -0.15) is 0 Å². The molecule has 2 N–H and O–H groups in total. The molecule has 196 valence electrons. The molecule has 0 radical (unpaired) electrons. The smallest absolute Gasteiger partial charge is 0.338 e. The Bertz CT molecular complexity index is 1340. The number of amides is 3. The van der Waals surface area contributed by atoms with Gasteiger partial charge in [-0.05, 0) is 60.9 Å². The summed E-state index contributed by atoms with van der Waals surface area (Å²) in [5.74, 6) is -0.763. The van der Waals surface area contributed by atoms with Gasteiger partial charge in [0, 0.05) is 22.3 Å². The first-order chi connectivity index (χ1) is 18.4. The van der Waals surface area contributed by atoms with Crippen LogP contribution in [0.15, 0.2) is 88.9 Å². The third kappa shape index (κ3) is 6.14. The molecule has 1 aliphatic heterocycles. The van der Waals surface area contributed by atoms with Crippen LogP contribution in [0.1, 0.15) is 54.2 Å². The van der Waals surface area contributed by atoms with E-state index in [0.717, 1.165) is 22.9 Å². The summed E-state index contributed by atoms with van der Waals surface area (Å²) in [7, 11) is 0. The number of rotatable bonds is 9. The highest BCUT2D eigenvalue weighted by atomic mass is 79.9. The molecule has 3 aromatic carbocycles. The summed E-state index contributed by atoms with van der Waals surface area (Å²) in [6.45, 7) is 4.47. The molecule has 3 amide bonds. The molecule has 3 aromatic rings. The first-order valence-corrected chi connectivity index (χ1v) is 13.4. The molecule has 0 bridgehead atoms. The van der Waals surface area contributed by atoms with Crippen LogP contribution in [-0.2, 0) is 9.53 Å². The zero-order chi connectivity index (χ0) is 27.1. The van der Waals surface area contributed by atoms with E-state index in [0.29, 0.717) is 34.6 Å². The minimum Gasteiger partial charge on any atom is -0.463 e. The molecule has 4 rings (SSSR count). The average Bonchev–Trinajstić information content (AvgIpc) is 2.93. The van der Waals surface area contributed by atoms with E-state index in [1.807, 2.05) is 36.4 Å². The maximum absolute atomic E-state index is 13.4. The Morgan fingerprint density at radius 2 is 1.74 bits per heavy atom. The van der Waals surface area contributed by atoms with Crippen molar-refractivity contribution in [2.75, 3.05) is 18.5 Å². The monoisotopic (exact) mass is 575 g/mol. The van der Waals surface area contributed by atoms with Crippen molar-refractivity contribution in [3.63, 3.8) is 0 Å². The Kier molecular flexibility index (Phi) is 8.97. The highest BCUT2D eigenvalue weighted by Crippen LogP contribution is 2.37. The van der Waals surface area contributed by atoms with Crippen molar-refractivity contribution in [2.24, 2.45) is 0 Å². The van der Waals surface area contributed by atoms with Crippen LogP contribution in [0.3, 0.4) is 0 Å². The Morgan fingerprint density at radius 1 is 1.00 bits per heavy atom. The number of carbonyl (C=O) groups is 3. The number of hydrogen-bond acceptors (Lipinski definition) is 4. The highest BCUT2D eigenvalue weighted by Gasteiger charge is 2.38. The second kappa shape index (κ2) is 12.6. The maximum atomic E-state index is 13.4. The van der Waals surface area contributed by atoms with Gasteiger partial charge in [0.15, 0.2) is 0 Å². The number of benzene rings is 3. The lowest BCUT2D eigenvalue weighted by Gasteiger charge is -2.37. The summed E-state index contributed by atoms with van der Waals surface area (Å²) in [6.07, 6.45) is 1.67. The van der Waals surface area contributed by atoms with Crippen LogP contribution in [0, 0.1) is 0 Å². The predicted molar refractivity (Wildman–Crippen MR) is 151 cm³/mol. The fourth-order valence-electron chi connectivity index (χ4n) is 4.37. The Hall–Kier alpha value is -3.91. The van der Waals surface area contributed by atoms with Gasteiger partial charge >= 0.3 is 12.0 Å². The van der Waals surface area contributed by atoms with Crippen molar-refractivity contribution in [3.8, 4) is 0 Å². The number of ether oxygens (including phenoxy) is 1. The molecule has 38 heavy (non-hydrogen) atoms. The summed E-state index contributed by atoms with van der Waals surface area (Å²) in [4.78, 5) is 41.3. The zero-order valence-electron chi connectivity index (χ0n) is 21.4. The maximum Gasteiger partial charge on any atom is 0.338 e. The molecule has 1 unspecified atom stereocenters. The van der Waals surface area contributed by atoms with Crippen molar-refractivity contribution >= 4 is 45.2 Å². The van der Waals surface area contributed by atoms with Crippen LogP contribution < -0.4 is 10.6 Å². The van der Waals surface area contributed by atoms with Gasteiger partial charge in [0.25, 0.3) is 5.91 Å². The molecular weight excluding hydrogens is 546 g/mol. The van der Waals surface area contributed by atoms with Crippen molar-refractivity contribution in [1.29, 1.82) is 0 Å². The van der Waals surface area contributed by atoms with Crippen LogP contribution in [0.4, 0.5) is 10.5 Å². The van der Waals surface area contributed by atoms with Crippen LogP contribution >= 0.6 is 15.9 Å². The number of urea groups is 1. The SMILES string of the molecule is CCCCN1C(=O)NC(c2cccc(NC(=O)c3ccc(Br)cc3)c2)C(C(=O)OCC)=C1c1ccccc1. The van der Waals surface area contributed by atoms with E-state index in [9.17, 15) is 14.4 Å². The number of hydrogen-bond donors (Lipinski definition) is 2. The molecule has 7 nitrogen and oxygen atoms in total. The van der Waals surface area contributed by atoms with E-state index in [2.05, 4.69) is 33.5 Å². The molecule has 0 spiro atoms. The summed E-state index contributed by atoms with van der Waals surface area (Å²) in [6, 6.07) is 22.6. The standard InChI is InChI=1S/C30H30BrN3O4/c1-3-5-18-34-27(20-10-7-6-8-11-20)25(29(36)38-4-2)26(33-30(34)37)22-12-9-13-24(19-22)32-28(35)21-14-16-23(31)17-15-21/h6-17,19,26H,3-5,18H2,1-2H3,(H,32,35)(H,33,37). The number of nitrogens with zero attached hydrogens (tertiary/aromatic N) is 1. The third-order valence-electron chi connectivity index (χ3n) is 6.19. The summed E-state index contributed by atoms with van der Waals surface area (Å²) < 4.78 is 6.37. The third-order valence-corrected chi connectivity index (χ3v) is 6.72. The van der Waals surface area contributed by atoms with Gasteiger partial charge in [-0.25, -0.2) is 9.59 Å². The summed E-state index contributed by atoms with van der Waals surface area (Å²) >= 11 is 3.38. The first-order valence-electron chi connectivity index (χ1n) is 12.6. The van der Waals surface area contributed by atoms with Crippen LogP contribution in [-0.4, -0.2) is 36.0 Å². The fraction of sp³-hybridized carbons (Fsp3) is 0.233. The molecule has 1 aliphatic rings. The molecule has 0 fully saturated rings. The molecular formula is C30H30BrN3O4. The van der Waals surface area contributed by atoms with Crippen LogP contribution in [0.2, 0.25) is 0 Å². The second-order valence-corrected chi connectivity index (χ2v) is 9.74. The average molecular weight is 576 g/mol. The minimum atomic E-state index is -0.765. The van der Waals surface area contributed by atoms with E-state index >= 15 is 0 Å². The predicted octanol–water partition coefficient (Wildman–Crippen LogP) is 6.54. The second-order valence-electron chi connectivity index (χ2n) is 8.82. The molecule has 0 saturated heterocycles. The summed E-state index contributed by atoms with van der Waals surface area (Å²) in [5.41, 5.74) is 3.35. The minimum absolute atomic E-state index is 0.198. The largest absolute Gasteiger partial charge is 0.463 e. The lowest BCUT2D eigenvalue weighted by Crippen LogP contribution is -2.48. The van der Waals surface area contributed by atoms with Crippen molar-refractivity contribution in [3.05, 3.63) is 106 Å². The van der Waals surface area contributed by atoms with E-state index in [1.165, 1.54) is 0 Å². The molecule has 1 atom stereocenters. The van der Waals surface area contributed by atoms with Crippen LogP contribution in [0.5, 0.6) is 0 Å². The number of halogens is 1. The number of unbranched alkanes of at least 4 members (excludes halogenated alkanes) is 1. The number of nitrogens with one attached hydrogen (secondary N) is 2. The molecule has 1 heterocycles. The highest BCUT2D eigenvalue weighted by molar-refractivity contribution is 9.10. The van der Waals surface area contributed by atoms with Gasteiger partial charge in [0.05, 0.1) is 23.9 Å². The Labute approximate surface area is 231 Å². The van der Waals surface area contributed by atoms with Crippen molar-refractivity contribution in [2.45, 2.75) is 32.7 Å². The van der Waals surface area contributed by atoms with E-state index in [4.69, 9.17) is 4.74 Å². The normalized spacial score (nSPS) is 15.2. The lowest BCUT2D eigenvalue weighted by molar-refractivity contribution is -0.138. The molecule has 0 aliphatic carbocycles. The van der Waals surface area contributed by atoms with Gasteiger partial charge in [0.1, 0.15) is 0 Å². The van der Waals surface area contributed by atoms with Gasteiger partial charge in [-0.1, -0.05) is 71.7 Å². The lowest BCUT2D eigenvalue weighted by atomic mass is 9.91. The molecule has 8 heteroatoms. The number of carbonyl (C=O) groups excluding carboxylic acids is 3. The molecule has 0 aromatic heterocycles.